The Labute approximate surface area is 208 Å². The van der Waals surface area contributed by atoms with Crippen LogP contribution in [-0.2, 0) is 24.1 Å². The molecule has 0 N–H and O–H groups in total. The van der Waals surface area contributed by atoms with Crippen molar-refractivity contribution in [3.8, 4) is 0 Å². The van der Waals surface area contributed by atoms with Crippen molar-refractivity contribution in [3.63, 3.8) is 0 Å². The molecule has 35 heavy (non-hydrogen) atoms. The number of thiophene rings is 1. The molecular formula is C25H30N6O3S. The fourth-order valence-electron chi connectivity index (χ4n) is 5.40. The highest BCUT2D eigenvalue weighted by atomic mass is 32.1. The quantitative estimate of drug-likeness (QED) is 0.393. The summed E-state index contributed by atoms with van der Waals surface area (Å²) >= 11 is 1.87. The molecule has 1 aliphatic carbocycles. The highest BCUT2D eigenvalue weighted by molar-refractivity contribution is 7.19. The summed E-state index contributed by atoms with van der Waals surface area (Å²) in [6.07, 6.45) is 4.78. The predicted molar refractivity (Wildman–Crippen MR) is 138 cm³/mol. The summed E-state index contributed by atoms with van der Waals surface area (Å²) in [7, 11) is 0. The number of anilines is 2. The maximum absolute atomic E-state index is 11.0. The van der Waals surface area contributed by atoms with Crippen LogP contribution in [0, 0.1) is 10.1 Å². The first kappa shape index (κ1) is 22.6. The van der Waals surface area contributed by atoms with E-state index in [-0.39, 0.29) is 10.6 Å². The second-order valence-electron chi connectivity index (χ2n) is 9.49. The van der Waals surface area contributed by atoms with E-state index in [1.54, 1.807) is 12.1 Å². The van der Waals surface area contributed by atoms with Gasteiger partial charge in [0, 0.05) is 62.0 Å². The van der Waals surface area contributed by atoms with Gasteiger partial charge in [0.2, 0.25) is 0 Å². The van der Waals surface area contributed by atoms with Crippen molar-refractivity contribution < 1.29 is 9.66 Å². The molecule has 2 saturated heterocycles. The van der Waals surface area contributed by atoms with Gasteiger partial charge in [0.25, 0.3) is 5.69 Å². The molecule has 0 atom stereocenters. The number of nitro benzene ring substituents is 1. The van der Waals surface area contributed by atoms with Crippen LogP contribution in [0.4, 0.5) is 17.2 Å². The molecule has 0 saturated carbocycles. The van der Waals surface area contributed by atoms with Crippen molar-refractivity contribution in [2.24, 2.45) is 0 Å². The molecule has 1 aromatic carbocycles. The molecular weight excluding hydrogens is 464 g/mol. The number of rotatable bonds is 5. The Morgan fingerprint density at radius 3 is 2.40 bits per heavy atom. The Morgan fingerprint density at radius 2 is 1.66 bits per heavy atom. The summed E-state index contributed by atoms with van der Waals surface area (Å²) in [5, 5.41) is 12.3. The van der Waals surface area contributed by atoms with Gasteiger partial charge < -0.3 is 14.5 Å². The van der Waals surface area contributed by atoms with Gasteiger partial charge in [-0.2, -0.15) is 0 Å². The maximum atomic E-state index is 11.0. The molecule has 10 heteroatoms. The molecule has 0 amide bonds. The fourth-order valence-corrected chi connectivity index (χ4v) is 6.68. The molecule has 2 aromatic heterocycles. The first-order valence-corrected chi connectivity index (χ1v) is 13.3. The number of hydrogen-bond donors (Lipinski definition) is 0. The van der Waals surface area contributed by atoms with Gasteiger partial charge in [-0.1, -0.05) is 0 Å². The second-order valence-corrected chi connectivity index (χ2v) is 10.6. The van der Waals surface area contributed by atoms with Gasteiger partial charge in [-0.3, -0.25) is 15.0 Å². The lowest BCUT2D eigenvalue weighted by Crippen LogP contribution is -2.47. The van der Waals surface area contributed by atoms with E-state index in [1.165, 1.54) is 28.7 Å². The Kier molecular flexibility index (Phi) is 6.26. The van der Waals surface area contributed by atoms with Gasteiger partial charge in [0.1, 0.15) is 16.5 Å². The number of fused-ring (bicyclic) bond motifs is 3. The number of benzene rings is 1. The molecule has 0 unspecified atom stereocenters. The second kappa shape index (κ2) is 9.67. The largest absolute Gasteiger partial charge is 0.379 e. The minimum absolute atomic E-state index is 0.130. The molecule has 9 nitrogen and oxygen atoms in total. The van der Waals surface area contributed by atoms with E-state index in [4.69, 9.17) is 14.7 Å². The maximum Gasteiger partial charge on any atom is 0.269 e. The van der Waals surface area contributed by atoms with Gasteiger partial charge >= 0.3 is 0 Å². The van der Waals surface area contributed by atoms with Crippen molar-refractivity contribution in [1.82, 2.24) is 14.9 Å². The summed E-state index contributed by atoms with van der Waals surface area (Å²) < 4.78 is 5.52. The number of ether oxygens (including phenoxy) is 1. The minimum Gasteiger partial charge on any atom is -0.379 e. The Morgan fingerprint density at radius 1 is 0.943 bits per heavy atom. The lowest BCUT2D eigenvalue weighted by atomic mass is 9.97. The third-order valence-corrected chi connectivity index (χ3v) is 8.50. The van der Waals surface area contributed by atoms with E-state index < -0.39 is 0 Å². The van der Waals surface area contributed by atoms with Crippen molar-refractivity contribution in [2.75, 3.05) is 62.3 Å². The summed E-state index contributed by atoms with van der Waals surface area (Å²) in [5.74, 6) is 2.01. The monoisotopic (exact) mass is 494 g/mol. The molecule has 0 bridgehead atoms. The molecule has 184 valence electrons. The number of morpholine rings is 1. The standard InChI is InChI=1S/C25H30N6O3S/c32-31(33)19-7-5-18(6-8-19)29-9-11-30(12-10-29)24-23-20-3-1-2-4-21(20)35-25(23)27-22(26-24)17-28-13-15-34-16-14-28/h5-8H,1-4,9-17H2. The van der Waals surface area contributed by atoms with Crippen LogP contribution in [0.3, 0.4) is 0 Å². The number of aromatic nitrogens is 2. The zero-order valence-corrected chi connectivity index (χ0v) is 20.6. The molecule has 2 aliphatic heterocycles. The first-order valence-electron chi connectivity index (χ1n) is 12.5. The summed E-state index contributed by atoms with van der Waals surface area (Å²) in [6.45, 7) is 7.59. The molecule has 2 fully saturated rings. The van der Waals surface area contributed by atoms with E-state index in [0.29, 0.717) is 0 Å². The number of nitrogens with zero attached hydrogens (tertiary/aromatic N) is 6. The van der Waals surface area contributed by atoms with Crippen LogP contribution in [0.25, 0.3) is 10.2 Å². The van der Waals surface area contributed by atoms with Crippen LogP contribution < -0.4 is 9.80 Å². The van der Waals surface area contributed by atoms with Crippen LogP contribution in [0.1, 0.15) is 29.1 Å². The third-order valence-electron chi connectivity index (χ3n) is 7.32. The first-order chi connectivity index (χ1) is 17.2. The lowest BCUT2D eigenvalue weighted by Gasteiger charge is -2.37. The van der Waals surface area contributed by atoms with Gasteiger partial charge in [-0.25, -0.2) is 9.97 Å². The highest BCUT2D eigenvalue weighted by Gasteiger charge is 2.27. The van der Waals surface area contributed by atoms with Crippen LogP contribution in [-0.4, -0.2) is 72.3 Å². The lowest BCUT2D eigenvalue weighted by molar-refractivity contribution is -0.384. The Hall–Kier alpha value is -2.82. The van der Waals surface area contributed by atoms with E-state index in [9.17, 15) is 10.1 Å². The number of hydrogen-bond acceptors (Lipinski definition) is 9. The average molecular weight is 495 g/mol. The molecule has 4 heterocycles. The van der Waals surface area contributed by atoms with Gasteiger partial charge in [0.05, 0.1) is 30.1 Å². The normalized spacial score (nSPS) is 19.2. The Balaban J connectivity index is 1.27. The van der Waals surface area contributed by atoms with E-state index in [2.05, 4.69) is 14.7 Å². The topological polar surface area (TPSA) is 87.9 Å². The number of non-ortho nitro benzene ring substituents is 1. The van der Waals surface area contributed by atoms with Gasteiger partial charge in [-0.15, -0.1) is 11.3 Å². The minimum atomic E-state index is -0.349. The predicted octanol–water partition coefficient (Wildman–Crippen LogP) is 3.64. The smallest absolute Gasteiger partial charge is 0.269 e. The van der Waals surface area contributed by atoms with Crippen molar-refractivity contribution in [3.05, 3.63) is 50.6 Å². The van der Waals surface area contributed by atoms with Crippen LogP contribution in [0.15, 0.2) is 24.3 Å². The van der Waals surface area contributed by atoms with E-state index >= 15 is 0 Å². The highest BCUT2D eigenvalue weighted by Crippen LogP contribution is 2.40. The van der Waals surface area contributed by atoms with E-state index in [1.807, 2.05) is 23.5 Å². The average Bonchev–Trinajstić information content (AvgIpc) is 3.27. The third kappa shape index (κ3) is 4.57. The molecule has 3 aliphatic rings. The number of aryl methyl sites for hydroxylation is 2. The SMILES string of the molecule is O=[N+]([O-])c1ccc(N2CCN(c3nc(CN4CCOCC4)nc4sc5c(c34)CCCC5)CC2)cc1. The van der Waals surface area contributed by atoms with Crippen LogP contribution >= 0.6 is 11.3 Å². The van der Waals surface area contributed by atoms with E-state index in [0.717, 1.165) is 94.0 Å². The molecule has 0 radical (unpaired) electrons. The van der Waals surface area contributed by atoms with Crippen LogP contribution in [0.5, 0.6) is 0 Å². The van der Waals surface area contributed by atoms with Crippen LogP contribution in [0.2, 0.25) is 0 Å². The summed E-state index contributed by atoms with van der Waals surface area (Å²) in [6, 6.07) is 6.88. The van der Waals surface area contributed by atoms with Gasteiger partial charge in [0.15, 0.2) is 0 Å². The zero-order chi connectivity index (χ0) is 23.8. The summed E-state index contributed by atoms with van der Waals surface area (Å²) in [5.41, 5.74) is 2.64. The van der Waals surface area contributed by atoms with Crippen molar-refractivity contribution >= 4 is 38.7 Å². The summed E-state index contributed by atoms with van der Waals surface area (Å²) in [4.78, 5) is 30.6. The number of nitro groups is 1. The van der Waals surface area contributed by atoms with Crippen molar-refractivity contribution in [1.29, 1.82) is 0 Å². The Bertz CT molecular complexity index is 1220. The zero-order valence-electron chi connectivity index (χ0n) is 19.8. The molecule has 3 aromatic rings. The van der Waals surface area contributed by atoms with Gasteiger partial charge in [-0.05, 0) is 43.4 Å². The molecule has 0 spiro atoms. The molecule has 6 rings (SSSR count). The number of piperazine rings is 1. The fraction of sp³-hybridized carbons (Fsp3) is 0.520. The van der Waals surface area contributed by atoms with Crippen molar-refractivity contribution in [2.45, 2.75) is 32.2 Å².